The van der Waals surface area contributed by atoms with Gasteiger partial charge in [0.15, 0.2) is 0 Å². The van der Waals surface area contributed by atoms with Gasteiger partial charge >= 0.3 is 5.97 Å². The van der Waals surface area contributed by atoms with E-state index < -0.39 is 5.97 Å². The summed E-state index contributed by atoms with van der Waals surface area (Å²) in [7, 11) is 0. The first-order chi connectivity index (χ1) is 4.16. The summed E-state index contributed by atoms with van der Waals surface area (Å²) in [6.45, 7) is 1.70. The Morgan fingerprint density at radius 3 is 2.67 bits per heavy atom. The van der Waals surface area contributed by atoms with Crippen LogP contribution in [0, 0.1) is 0 Å². The zero-order chi connectivity index (χ0) is 7.28. The van der Waals surface area contributed by atoms with E-state index in [9.17, 15) is 4.79 Å². The quantitative estimate of drug-likeness (QED) is 0.328. The van der Waals surface area contributed by atoms with Gasteiger partial charge in [0.05, 0.1) is 0 Å². The summed E-state index contributed by atoms with van der Waals surface area (Å²) >= 11 is 4.29. The van der Waals surface area contributed by atoms with Crippen LogP contribution < -0.4 is 5.73 Å². The molecule has 0 aromatic heterocycles. The molecule has 0 rings (SSSR count). The number of hydrogen-bond donors (Lipinski definition) is 1. The maximum absolute atomic E-state index is 10.4. The maximum atomic E-state index is 10.4. The number of carbonyl (C=O) groups is 1. The fourth-order valence-electron chi connectivity index (χ4n) is 0.269. The third-order valence-corrected chi connectivity index (χ3v) is 0.587. The van der Waals surface area contributed by atoms with Gasteiger partial charge < -0.3 is 10.5 Å². The van der Waals surface area contributed by atoms with Crippen LogP contribution in [-0.2, 0) is 9.53 Å². The molecule has 0 radical (unpaired) electrons. The summed E-state index contributed by atoms with van der Waals surface area (Å²) < 4.78 is 4.27. The van der Waals surface area contributed by atoms with E-state index in [1.165, 1.54) is 6.08 Å². The molecule has 0 amide bonds. The highest BCUT2D eigenvalue weighted by Crippen LogP contribution is 1.79. The predicted molar refractivity (Wildman–Crippen MR) is 37.7 cm³/mol. The lowest BCUT2D eigenvalue weighted by Gasteiger charge is -1.93. The summed E-state index contributed by atoms with van der Waals surface area (Å²) in [6.07, 6.45) is 2.78. The van der Waals surface area contributed by atoms with Gasteiger partial charge in [-0.05, 0) is 19.1 Å². The molecule has 0 spiro atoms. The molecule has 9 heavy (non-hydrogen) atoms. The van der Waals surface area contributed by atoms with E-state index in [1.807, 2.05) is 0 Å². The van der Waals surface area contributed by atoms with Crippen molar-refractivity contribution in [2.24, 2.45) is 5.73 Å². The van der Waals surface area contributed by atoms with E-state index in [2.05, 4.69) is 17.0 Å². The first-order valence-electron chi connectivity index (χ1n) is 2.30. The van der Waals surface area contributed by atoms with Gasteiger partial charge in [-0.25, -0.2) is 4.79 Å². The van der Waals surface area contributed by atoms with Crippen molar-refractivity contribution in [3.8, 4) is 0 Å². The number of allylic oxidation sites excluding steroid dienone is 1. The van der Waals surface area contributed by atoms with Crippen molar-refractivity contribution >= 4 is 23.4 Å². The molecule has 0 aliphatic rings. The SMILES string of the molecule is CC=CC(=O)OC(N)=S. The molecule has 0 aromatic rings. The molecule has 0 aliphatic heterocycles. The van der Waals surface area contributed by atoms with Gasteiger partial charge in [0.2, 0.25) is 0 Å². The Labute approximate surface area is 58.5 Å². The Hall–Kier alpha value is -0.900. The fraction of sp³-hybridized carbons (Fsp3) is 0.200. The molecule has 0 aromatic carbocycles. The molecule has 3 nitrogen and oxygen atoms in total. The largest absolute Gasteiger partial charge is 0.396 e. The summed E-state index contributed by atoms with van der Waals surface area (Å²) in [5, 5.41) is -0.252. The van der Waals surface area contributed by atoms with Gasteiger partial charge in [0.1, 0.15) is 0 Å². The van der Waals surface area contributed by atoms with Gasteiger partial charge in [0.25, 0.3) is 5.17 Å². The summed E-state index contributed by atoms with van der Waals surface area (Å²) in [5.74, 6) is -0.537. The zero-order valence-electron chi connectivity index (χ0n) is 4.96. The van der Waals surface area contributed by atoms with Gasteiger partial charge in [-0.3, -0.25) is 0 Å². The van der Waals surface area contributed by atoms with Crippen molar-refractivity contribution in [1.82, 2.24) is 0 Å². The standard InChI is InChI=1S/C5H7NO2S/c1-2-3-4(7)8-5(6)9/h2-3H,1H3,(H2,6,9). The highest BCUT2D eigenvalue weighted by Gasteiger charge is 1.95. The van der Waals surface area contributed by atoms with Gasteiger partial charge in [-0.2, -0.15) is 0 Å². The normalized spacial score (nSPS) is 9.44. The molecule has 0 atom stereocenters. The molecular weight excluding hydrogens is 138 g/mol. The molecule has 0 heterocycles. The number of rotatable bonds is 1. The Morgan fingerprint density at radius 2 is 2.33 bits per heavy atom. The van der Waals surface area contributed by atoms with Crippen molar-refractivity contribution in [3.63, 3.8) is 0 Å². The van der Waals surface area contributed by atoms with Crippen molar-refractivity contribution < 1.29 is 9.53 Å². The fourth-order valence-corrected chi connectivity index (χ4v) is 0.351. The van der Waals surface area contributed by atoms with Crippen LogP contribution in [0.25, 0.3) is 0 Å². The van der Waals surface area contributed by atoms with Gasteiger partial charge in [0, 0.05) is 6.08 Å². The number of thiocarbonyl (C=S) groups is 1. The number of hydrogen-bond acceptors (Lipinski definition) is 3. The second kappa shape index (κ2) is 4.03. The zero-order valence-corrected chi connectivity index (χ0v) is 5.77. The minimum absolute atomic E-state index is 0.252. The lowest BCUT2D eigenvalue weighted by Crippen LogP contribution is -2.16. The minimum atomic E-state index is -0.537. The summed E-state index contributed by atoms with van der Waals surface area (Å²) in [4.78, 5) is 10.4. The highest BCUT2D eigenvalue weighted by atomic mass is 32.1. The molecule has 0 saturated heterocycles. The monoisotopic (exact) mass is 145 g/mol. The van der Waals surface area contributed by atoms with Crippen LogP contribution in [0.2, 0.25) is 0 Å². The first kappa shape index (κ1) is 8.10. The van der Waals surface area contributed by atoms with Crippen LogP contribution >= 0.6 is 12.2 Å². The Kier molecular flexibility index (Phi) is 3.62. The average Bonchev–Trinajstić information content (AvgIpc) is 1.63. The van der Waals surface area contributed by atoms with Gasteiger partial charge in [-0.1, -0.05) is 6.08 Å². The molecule has 0 unspecified atom stereocenters. The Morgan fingerprint density at radius 1 is 1.78 bits per heavy atom. The first-order valence-corrected chi connectivity index (χ1v) is 2.71. The van der Waals surface area contributed by atoms with Crippen molar-refractivity contribution in [2.75, 3.05) is 0 Å². The van der Waals surface area contributed by atoms with Crippen LogP contribution in [0.15, 0.2) is 12.2 Å². The minimum Gasteiger partial charge on any atom is -0.396 e. The van der Waals surface area contributed by atoms with Crippen molar-refractivity contribution in [1.29, 1.82) is 0 Å². The smallest absolute Gasteiger partial charge is 0.337 e. The molecule has 0 aliphatic carbocycles. The van der Waals surface area contributed by atoms with E-state index >= 15 is 0 Å². The molecule has 50 valence electrons. The Balaban J connectivity index is 3.64. The lowest BCUT2D eigenvalue weighted by molar-refractivity contribution is -0.129. The topological polar surface area (TPSA) is 52.3 Å². The van der Waals surface area contributed by atoms with E-state index in [-0.39, 0.29) is 5.17 Å². The van der Waals surface area contributed by atoms with Crippen LogP contribution in [0.5, 0.6) is 0 Å². The third kappa shape index (κ3) is 4.96. The molecule has 2 N–H and O–H groups in total. The van der Waals surface area contributed by atoms with Crippen LogP contribution in [0.3, 0.4) is 0 Å². The van der Waals surface area contributed by atoms with E-state index in [0.29, 0.717) is 0 Å². The molecule has 0 fully saturated rings. The second-order valence-corrected chi connectivity index (χ2v) is 1.64. The summed E-state index contributed by atoms with van der Waals surface area (Å²) in [5.41, 5.74) is 4.88. The number of ether oxygens (including phenoxy) is 1. The second-order valence-electron chi connectivity index (χ2n) is 1.24. The summed E-state index contributed by atoms with van der Waals surface area (Å²) in [6, 6.07) is 0. The number of esters is 1. The van der Waals surface area contributed by atoms with E-state index in [4.69, 9.17) is 5.73 Å². The van der Waals surface area contributed by atoms with Crippen LogP contribution in [0.4, 0.5) is 0 Å². The van der Waals surface area contributed by atoms with E-state index in [0.717, 1.165) is 0 Å². The predicted octanol–water partition coefficient (Wildman–Crippen LogP) is 0.349. The lowest BCUT2D eigenvalue weighted by atomic mass is 10.5. The average molecular weight is 145 g/mol. The number of carbonyl (C=O) groups excluding carboxylic acids is 1. The van der Waals surface area contributed by atoms with Crippen molar-refractivity contribution in [3.05, 3.63) is 12.2 Å². The molecule has 4 heteroatoms. The van der Waals surface area contributed by atoms with Gasteiger partial charge in [-0.15, -0.1) is 0 Å². The highest BCUT2D eigenvalue weighted by molar-refractivity contribution is 7.80. The maximum Gasteiger partial charge on any atom is 0.337 e. The molecule has 0 saturated carbocycles. The number of nitrogens with two attached hydrogens (primary N) is 1. The molecular formula is C5H7NO2S. The van der Waals surface area contributed by atoms with Crippen molar-refractivity contribution in [2.45, 2.75) is 6.92 Å². The Bertz CT molecular complexity index is 153. The van der Waals surface area contributed by atoms with E-state index in [1.54, 1.807) is 13.0 Å². The third-order valence-electron chi connectivity index (χ3n) is 0.504. The van der Waals surface area contributed by atoms with Crippen LogP contribution in [0.1, 0.15) is 6.92 Å². The van der Waals surface area contributed by atoms with Crippen LogP contribution in [-0.4, -0.2) is 11.1 Å². The molecule has 0 bridgehead atoms.